The lowest BCUT2D eigenvalue weighted by Gasteiger charge is -2.31. The van der Waals surface area contributed by atoms with E-state index in [9.17, 15) is 9.59 Å². The molecule has 1 aromatic rings. The van der Waals surface area contributed by atoms with Gasteiger partial charge in [-0.15, -0.1) is 0 Å². The average Bonchev–Trinajstić information content (AvgIpc) is 3.20. The maximum absolute atomic E-state index is 12.6. The van der Waals surface area contributed by atoms with Gasteiger partial charge in [-0.05, 0) is 25.0 Å². The number of hydrogen-bond acceptors (Lipinski definition) is 7. The number of dihydropyridines is 1. The molecule has 0 unspecified atom stereocenters. The predicted octanol–water partition coefficient (Wildman–Crippen LogP) is 2.18. The largest absolute Gasteiger partial charge is 0.466 e. The number of methoxy groups -OCH3 is 2. The maximum atomic E-state index is 12.6. The molecular weight excluding hydrogens is 362 g/mol. The molecule has 0 aromatic heterocycles. The fourth-order valence-electron chi connectivity index (χ4n) is 3.77. The summed E-state index contributed by atoms with van der Waals surface area (Å²) < 4.78 is 21.2. The number of benzene rings is 1. The van der Waals surface area contributed by atoms with Crippen LogP contribution in [0.3, 0.4) is 0 Å². The first-order valence-electron chi connectivity index (χ1n) is 9.14. The van der Waals surface area contributed by atoms with E-state index in [1.54, 1.807) is 13.8 Å². The first-order chi connectivity index (χ1) is 13.5. The SMILES string of the molecule is COC(=O)C1=C(C)NC(C)=C(C(=O)OC)C1c1ccccc1CC1OCCO1. The minimum Gasteiger partial charge on any atom is -0.466 e. The lowest BCUT2D eigenvalue weighted by atomic mass is 9.78. The first-order valence-corrected chi connectivity index (χ1v) is 9.14. The maximum Gasteiger partial charge on any atom is 0.336 e. The van der Waals surface area contributed by atoms with Gasteiger partial charge in [0.25, 0.3) is 0 Å². The van der Waals surface area contributed by atoms with Gasteiger partial charge in [0.15, 0.2) is 6.29 Å². The number of hydrogen-bond donors (Lipinski definition) is 1. The number of esters is 2. The van der Waals surface area contributed by atoms with Gasteiger partial charge < -0.3 is 24.3 Å². The number of allylic oxidation sites excluding steroid dienone is 2. The Morgan fingerprint density at radius 2 is 1.54 bits per heavy atom. The third-order valence-electron chi connectivity index (χ3n) is 5.01. The van der Waals surface area contributed by atoms with Crippen LogP contribution in [0.15, 0.2) is 46.8 Å². The third-order valence-corrected chi connectivity index (χ3v) is 5.01. The monoisotopic (exact) mass is 387 g/mol. The molecule has 0 aliphatic carbocycles. The van der Waals surface area contributed by atoms with Crippen LogP contribution in [0.2, 0.25) is 0 Å². The molecule has 1 saturated heterocycles. The molecule has 1 aromatic carbocycles. The smallest absolute Gasteiger partial charge is 0.336 e. The summed E-state index contributed by atoms with van der Waals surface area (Å²) in [4.78, 5) is 25.3. The molecule has 0 bridgehead atoms. The molecule has 150 valence electrons. The van der Waals surface area contributed by atoms with Crippen LogP contribution < -0.4 is 5.32 Å². The van der Waals surface area contributed by atoms with Crippen molar-refractivity contribution in [1.29, 1.82) is 0 Å². The zero-order chi connectivity index (χ0) is 20.3. The molecular formula is C21H25NO6. The minimum absolute atomic E-state index is 0.346. The number of rotatable bonds is 5. The number of carbonyl (C=O) groups is 2. The summed E-state index contributed by atoms with van der Waals surface area (Å²) in [7, 11) is 2.66. The van der Waals surface area contributed by atoms with Crippen LogP contribution in [-0.2, 0) is 35.0 Å². The van der Waals surface area contributed by atoms with E-state index in [2.05, 4.69) is 5.32 Å². The van der Waals surface area contributed by atoms with Gasteiger partial charge in [0, 0.05) is 17.8 Å². The van der Waals surface area contributed by atoms with Crippen molar-refractivity contribution in [2.45, 2.75) is 32.5 Å². The summed E-state index contributed by atoms with van der Waals surface area (Å²) in [6.45, 7) is 4.70. The Bertz CT molecular complexity index is 797. The molecule has 0 spiro atoms. The number of ether oxygens (including phenoxy) is 4. The molecule has 1 N–H and O–H groups in total. The van der Waals surface area contributed by atoms with Gasteiger partial charge in [0.05, 0.1) is 44.5 Å². The lowest BCUT2D eigenvalue weighted by molar-refractivity contribution is -0.137. The number of carbonyl (C=O) groups excluding carboxylic acids is 2. The van der Waals surface area contributed by atoms with Gasteiger partial charge in [-0.1, -0.05) is 24.3 Å². The molecule has 28 heavy (non-hydrogen) atoms. The van der Waals surface area contributed by atoms with E-state index in [-0.39, 0.29) is 6.29 Å². The van der Waals surface area contributed by atoms with Crippen LogP contribution in [-0.4, -0.2) is 45.7 Å². The second-order valence-corrected chi connectivity index (χ2v) is 6.69. The zero-order valence-corrected chi connectivity index (χ0v) is 16.5. The van der Waals surface area contributed by atoms with E-state index in [1.165, 1.54) is 14.2 Å². The molecule has 0 saturated carbocycles. The average molecular weight is 387 g/mol. The van der Waals surface area contributed by atoms with Crippen LogP contribution >= 0.6 is 0 Å². The predicted molar refractivity (Wildman–Crippen MR) is 101 cm³/mol. The van der Waals surface area contributed by atoms with Crippen LogP contribution in [0.5, 0.6) is 0 Å². The van der Waals surface area contributed by atoms with E-state index in [0.717, 1.165) is 11.1 Å². The Labute approximate surface area is 164 Å². The Balaban J connectivity index is 2.14. The van der Waals surface area contributed by atoms with Crippen molar-refractivity contribution >= 4 is 11.9 Å². The van der Waals surface area contributed by atoms with Crippen molar-refractivity contribution in [1.82, 2.24) is 5.32 Å². The van der Waals surface area contributed by atoms with Crippen LogP contribution in [0.25, 0.3) is 0 Å². The van der Waals surface area contributed by atoms with E-state index in [1.807, 2.05) is 24.3 Å². The van der Waals surface area contributed by atoms with Crippen molar-refractivity contribution in [3.8, 4) is 0 Å². The van der Waals surface area contributed by atoms with Crippen LogP contribution in [0.4, 0.5) is 0 Å². The molecule has 7 heteroatoms. The van der Waals surface area contributed by atoms with Crippen molar-refractivity contribution in [2.24, 2.45) is 0 Å². The molecule has 1 fully saturated rings. The fourth-order valence-corrected chi connectivity index (χ4v) is 3.77. The quantitative estimate of drug-likeness (QED) is 0.776. The topological polar surface area (TPSA) is 83.1 Å². The van der Waals surface area contributed by atoms with Gasteiger partial charge in [-0.2, -0.15) is 0 Å². The van der Waals surface area contributed by atoms with Crippen molar-refractivity contribution in [3.05, 3.63) is 57.9 Å². The highest BCUT2D eigenvalue weighted by Crippen LogP contribution is 2.40. The highest BCUT2D eigenvalue weighted by Gasteiger charge is 2.38. The highest BCUT2D eigenvalue weighted by molar-refractivity contribution is 5.99. The van der Waals surface area contributed by atoms with Gasteiger partial charge in [0.2, 0.25) is 0 Å². The van der Waals surface area contributed by atoms with Crippen molar-refractivity contribution in [2.75, 3.05) is 27.4 Å². The zero-order valence-electron chi connectivity index (χ0n) is 16.5. The lowest BCUT2D eigenvalue weighted by Crippen LogP contribution is -2.32. The molecule has 0 radical (unpaired) electrons. The Morgan fingerprint density at radius 1 is 1.00 bits per heavy atom. The van der Waals surface area contributed by atoms with E-state index in [0.29, 0.717) is 42.2 Å². The van der Waals surface area contributed by atoms with E-state index >= 15 is 0 Å². The third kappa shape index (κ3) is 3.81. The molecule has 2 aliphatic heterocycles. The highest BCUT2D eigenvalue weighted by atomic mass is 16.7. The summed E-state index contributed by atoms with van der Waals surface area (Å²) in [6.07, 6.45) is 0.169. The molecule has 3 rings (SSSR count). The Kier molecular flexibility index (Phi) is 6.16. The van der Waals surface area contributed by atoms with Crippen LogP contribution in [0, 0.1) is 0 Å². The molecule has 0 amide bonds. The van der Waals surface area contributed by atoms with Gasteiger partial charge in [0.1, 0.15) is 0 Å². The second kappa shape index (κ2) is 8.58. The molecule has 7 nitrogen and oxygen atoms in total. The van der Waals surface area contributed by atoms with Crippen molar-refractivity contribution < 1.29 is 28.5 Å². The van der Waals surface area contributed by atoms with E-state index in [4.69, 9.17) is 18.9 Å². The summed E-state index contributed by atoms with van der Waals surface area (Å²) in [5, 5.41) is 3.11. The fraction of sp³-hybridized carbons (Fsp3) is 0.429. The standard InChI is InChI=1S/C21H25NO6/c1-12-17(20(23)25-3)19(18(13(2)22-12)21(24)26-4)15-8-6-5-7-14(15)11-16-27-9-10-28-16/h5-8,16,19,22H,9-11H2,1-4H3. The minimum atomic E-state index is -0.612. The summed E-state index contributed by atoms with van der Waals surface area (Å²) in [5.41, 5.74) is 3.81. The summed E-state index contributed by atoms with van der Waals surface area (Å²) >= 11 is 0. The van der Waals surface area contributed by atoms with Crippen LogP contribution in [0.1, 0.15) is 30.9 Å². The van der Waals surface area contributed by atoms with Gasteiger partial charge in [-0.25, -0.2) is 9.59 Å². The van der Waals surface area contributed by atoms with Gasteiger partial charge in [-0.3, -0.25) is 0 Å². The summed E-state index contributed by atoms with van der Waals surface area (Å²) in [5.74, 6) is -1.60. The first kappa shape index (κ1) is 20.1. The second-order valence-electron chi connectivity index (χ2n) is 6.69. The normalized spacial score (nSPS) is 18.3. The molecule has 2 aliphatic rings. The van der Waals surface area contributed by atoms with Crippen molar-refractivity contribution in [3.63, 3.8) is 0 Å². The Morgan fingerprint density at radius 3 is 2.07 bits per heavy atom. The van der Waals surface area contributed by atoms with E-state index < -0.39 is 17.9 Å². The molecule has 2 heterocycles. The summed E-state index contributed by atoms with van der Waals surface area (Å²) in [6, 6.07) is 7.66. The Hall–Kier alpha value is -2.64. The molecule has 0 atom stereocenters. The number of nitrogens with one attached hydrogen (secondary N) is 1. The van der Waals surface area contributed by atoms with Gasteiger partial charge >= 0.3 is 11.9 Å².